The van der Waals surface area contributed by atoms with Crippen LogP contribution in [-0.2, 0) is 13.0 Å². The van der Waals surface area contributed by atoms with E-state index in [2.05, 4.69) is 64.9 Å². The highest BCUT2D eigenvalue weighted by Gasteiger charge is 2.37. The zero-order chi connectivity index (χ0) is 24.5. The minimum atomic E-state index is -0.378. The Hall–Kier alpha value is -2.15. The molecule has 2 atom stereocenters. The smallest absolute Gasteiger partial charge is 0.376 e. The number of piperidine rings is 1. The van der Waals surface area contributed by atoms with Crippen LogP contribution >= 0.6 is 11.6 Å². The molecule has 2 N–H and O–H groups in total. The fourth-order valence-corrected chi connectivity index (χ4v) is 6.50. The Bertz CT molecular complexity index is 1170. The van der Waals surface area contributed by atoms with Crippen LogP contribution in [0.1, 0.15) is 71.3 Å². The van der Waals surface area contributed by atoms with E-state index in [1.54, 1.807) is 0 Å². The van der Waals surface area contributed by atoms with Crippen LogP contribution in [-0.4, -0.2) is 39.9 Å². The van der Waals surface area contributed by atoms with Gasteiger partial charge in [0.25, 0.3) is 0 Å². The minimum Gasteiger partial charge on any atom is -0.437 e. The first-order chi connectivity index (χ1) is 16.9. The lowest BCUT2D eigenvalue weighted by atomic mass is 9.73. The molecular weight excluding hydrogens is 455 g/mol. The van der Waals surface area contributed by atoms with Gasteiger partial charge in [0.1, 0.15) is 11.4 Å². The number of H-pyrrole nitrogens is 1. The maximum atomic E-state index is 10.1. The number of fused-ring (bicyclic) bond motifs is 2. The second kappa shape index (κ2) is 10.5. The number of hydrogen-bond donors (Lipinski definition) is 2. The van der Waals surface area contributed by atoms with Gasteiger partial charge in [-0.05, 0) is 98.7 Å². The highest BCUT2D eigenvalue weighted by molar-refractivity contribution is 6.45. The summed E-state index contributed by atoms with van der Waals surface area (Å²) in [7, 11) is -0.378. The largest absolute Gasteiger partial charge is 0.437 e. The number of benzene rings is 1. The lowest BCUT2D eigenvalue weighted by Crippen LogP contribution is -2.44. The highest BCUT2D eigenvalue weighted by atomic mass is 35.5. The quantitative estimate of drug-likeness (QED) is 0.375. The van der Waals surface area contributed by atoms with E-state index in [0.717, 1.165) is 56.8 Å². The van der Waals surface area contributed by atoms with Crippen LogP contribution in [0.5, 0.6) is 0 Å². The number of imidazole rings is 1. The first-order valence-electron chi connectivity index (χ1n) is 13.1. The number of halogens is 1. The maximum absolute atomic E-state index is 10.1. The second-order valence-electron chi connectivity index (χ2n) is 10.5. The van der Waals surface area contributed by atoms with Gasteiger partial charge < -0.3 is 9.83 Å². The van der Waals surface area contributed by atoms with Crippen molar-refractivity contribution in [3.63, 3.8) is 0 Å². The Morgan fingerprint density at radius 2 is 2.00 bits per heavy atom. The molecule has 1 fully saturated rings. The molecule has 35 heavy (non-hydrogen) atoms. The Labute approximate surface area is 214 Å². The SMILES string of the molecule is CB(O)N1CCC(C2c3ccc(Cl)cc3CC(CCC[n+]3c[nH]c(C)c3C)c3cccnc32)CC1. The normalized spacial score (nSPS) is 20.8. The Kier molecular flexibility index (Phi) is 7.33. The molecule has 0 amide bonds. The van der Waals surface area contributed by atoms with Gasteiger partial charge in [0.2, 0.25) is 6.33 Å². The summed E-state index contributed by atoms with van der Waals surface area (Å²) in [6.07, 6.45) is 9.45. The predicted octanol–water partition coefficient (Wildman–Crippen LogP) is 5.04. The molecule has 7 heteroatoms. The number of aromatic amines is 1. The Morgan fingerprint density at radius 1 is 1.20 bits per heavy atom. The van der Waals surface area contributed by atoms with E-state index in [-0.39, 0.29) is 13.0 Å². The highest BCUT2D eigenvalue weighted by Crippen LogP contribution is 2.46. The van der Waals surface area contributed by atoms with Crippen LogP contribution in [0.15, 0.2) is 42.9 Å². The molecule has 2 aliphatic rings. The van der Waals surface area contributed by atoms with E-state index in [0.29, 0.717) is 11.8 Å². The molecular formula is C28H37BClN4O+. The lowest BCUT2D eigenvalue weighted by molar-refractivity contribution is -0.701. The zero-order valence-corrected chi connectivity index (χ0v) is 21.9. The third-order valence-corrected chi connectivity index (χ3v) is 8.68. The third kappa shape index (κ3) is 5.07. The number of hydrogen-bond acceptors (Lipinski definition) is 3. The van der Waals surface area contributed by atoms with Crippen LogP contribution in [0.25, 0.3) is 0 Å². The van der Waals surface area contributed by atoms with Crippen molar-refractivity contribution in [3.8, 4) is 0 Å². The van der Waals surface area contributed by atoms with Gasteiger partial charge in [0, 0.05) is 31.0 Å². The van der Waals surface area contributed by atoms with Crippen molar-refractivity contribution < 1.29 is 9.59 Å². The lowest BCUT2D eigenvalue weighted by Gasteiger charge is -2.37. The van der Waals surface area contributed by atoms with Crippen LogP contribution in [0.3, 0.4) is 0 Å². The van der Waals surface area contributed by atoms with Crippen LogP contribution in [0.4, 0.5) is 0 Å². The second-order valence-corrected chi connectivity index (χ2v) is 11.0. The number of aryl methyl sites for hydroxylation is 2. The molecule has 2 aromatic heterocycles. The summed E-state index contributed by atoms with van der Waals surface area (Å²) in [5.41, 5.74) is 8.00. The average molecular weight is 492 g/mol. The van der Waals surface area contributed by atoms with Crippen molar-refractivity contribution in [1.29, 1.82) is 0 Å². The molecule has 1 saturated heterocycles. The topological polar surface area (TPSA) is 56.0 Å². The molecule has 5 rings (SSSR count). The van der Waals surface area contributed by atoms with Crippen molar-refractivity contribution in [2.24, 2.45) is 5.92 Å². The monoisotopic (exact) mass is 491 g/mol. The van der Waals surface area contributed by atoms with E-state index in [1.165, 1.54) is 33.8 Å². The van der Waals surface area contributed by atoms with E-state index < -0.39 is 0 Å². The molecule has 0 saturated carbocycles. The molecule has 1 aromatic carbocycles. The summed E-state index contributed by atoms with van der Waals surface area (Å²) in [6, 6.07) is 10.9. The number of pyridine rings is 1. The number of aromatic nitrogens is 3. The maximum Gasteiger partial charge on any atom is 0.376 e. The third-order valence-electron chi connectivity index (χ3n) is 8.45. The molecule has 1 aliphatic heterocycles. The average Bonchev–Trinajstić information content (AvgIpc) is 3.10. The summed E-state index contributed by atoms with van der Waals surface area (Å²) in [5.74, 6) is 1.22. The van der Waals surface area contributed by atoms with Gasteiger partial charge in [0.15, 0.2) is 0 Å². The number of rotatable bonds is 6. The molecule has 3 heterocycles. The fraction of sp³-hybridized carbons (Fsp3) is 0.500. The molecule has 3 aromatic rings. The van der Waals surface area contributed by atoms with Crippen LogP contribution in [0, 0.1) is 19.8 Å². The Morgan fingerprint density at radius 3 is 2.71 bits per heavy atom. The van der Waals surface area contributed by atoms with Gasteiger partial charge in [-0.1, -0.05) is 23.7 Å². The van der Waals surface area contributed by atoms with Gasteiger partial charge in [0.05, 0.1) is 12.2 Å². The number of nitrogens with zero attached hydrogens (tertiary/aromatic N) is 3. The van der Waals surface area contributed by atoms with E-state index in [9.17, 15) is 5.02 Å². The van der Waals surface area contributed by atoms with E-state index >= 15 is 0 Å². The summed E-state index contributed by atoms with van der Waals surface area (Å²) < 4.78 is 2.33. The van der Waals surface area contributed by atoms with Gasteiger partial charge in [-0.25, -0.2) is 9.55 Å². The van der Waals surface area contributed by atoms with E-state index in [1.807, 2.05) is 13.0 Å². The minimum absolute atomic E-state index is 0.281. The Balaban J connectivity index is 1.45. The summed E-state index contributed by atoms with van der Waals surface area (Å²) in [5, 5.41) is 10.9. The van der Waals surface area contributed by atoms with Crippen molar-refractivity contribution in [1.82, 2.24) is 14.8 Å². The summed E-state index contributed by atoms with van der Waals surface area (Å²) in [4.78, 5) is 10.6. The molecule has 0 bridgehead atoms. The molecule has 184 valence electrons. The van der Waals surface area contributed by atoms with Crippen molar-refractivity contribution in [2.75, 3.05) is 13.1 Å². The van der Waals surface area contributed by atoms with Gasteiger partial charge in [-0.3, -0.25) is 4.98 Å². The number of nitrogens with one attached hydrogen (secondary N) is 1. The van der Waals surface area contributed by atoms with Crippen molar-refractivity contribution >= 4 is 18.7 Å². The first kappa shape index (κ1) is 24.5. The molecule has 0 spiro atoms. The molecule has 5 nitrogen and oxygen atoms in total. The van der Waals surface area contributed by atoms with Crippen molar-refractivity contribution in [3.05, 3.63) is 81.7 Å². The molecule has 2 unspecified atom stereocenters. The summed E-state index contributed by atoms with van der Waals surface area (Å²) in [6.45, 7) is 9.07. The molecule has 0 radical (unpaired) electrons. The molecule has 1 aliphatic carbocycles. The predicted molar refractivity (Wildman–Crippen MR) is 142 cm³/mol. The standard InChI is InChI=1S/C28H36BClN4O/c1-19-20(2)33(18-32-19)13-5-6-22-16-23-17-24(30)8-9-25(23)27(28-26(22)7-4-12-31-28)21-10-14-34(15-11-21)29(3)35/h4,7-9,12,17-18,21-22,27,35H,5-6,10-11,13-16H2,1-3H3/p+1. The van der Waals surface area contributed by atoms with E-state index in [4.69, 9.17) is 16.6 Å². The first-order valence-corrected chi connectivity index (χ1v) is 13.5. The van der Waals surface area contributed by atoms with Gasteiger partial charge in [-0.15, -0.1) is 0 Å². The fourth-order valence-electron chi connectivity index (χ4n) is 6.31. The van der Waals surface area contributed by atoms with Crippen LogP contribution in [0.2, 0.25) is 11.8 Å². The van der Waals surface area contributed by atoms with Gasteiger partial charge >= 0.3 is 7.05 Å². The summed E-state index contributed by atoms with van der Waals surface area (Å²) >= 11 is 6.52. The zero-order valence-electron chi connectivity index (χ0n) is 21.2. The van der Waals surface area contributed by atoms with Gasteiger partial charge in [-0.2, -0.15) is 0 Å². The van der Waals surface area contributed by atoms with Crippen LogP contribution < -0.4 is 4.57 Å². The van der Waals surface area contributed by atoms with Crippen molar-refractivity contribution in [2.45, 2.75) is 71.2 Å².